The summed E-state index contributed by atoms with van der Waals surface area (Å²) in [7, 11) is 0. The lowest BCUT2D eigenvalue weighted by Gasteiger charge is -2.24. The molecule has 0 aliphatic heterocycles. The number of hydrogen-bond donors (Lipinski definition) is 1. The summed E-state index contributed by atoms with van der Waals surface area (Å²) in [6.07, 6.45) is -0.448. The van der Waals surface area contributed by atoms with Gasteiger partial charge in [-0.15, -0.1) is 0 Å². The Hall–Kier alpha value is -1.27. The summed E-state index contributed by atoms with van der Waals surface area (Å²) in [6, 6.07) is 15.2. The van der Waals surface area contributed by atoms with Crippen LogP contribution in [-0.2, 0) is 4.74 Å². The van der Waals surface area contributed by atoms with Gasteiger partial charge in [-0.1, -0.05) is 35.9 Å². The molecule has 2 aromatic carbocycles. The predicted molar refractivity (Wildman–Crippen MR) is 102 cm³/mol. The highest BCUT2D eigenvalue weighted by Crippen LogP contribution is 2.25. The summed E-state index contributed by atoms with van der Waals surface area (Å²) in [6.45, 7) is 5.53. The zero-order chi connectivity index (χ0) is 17.0. The third-order valence-corrected chi connectivity index (χ3v) is 4.04. The average molecular weight is 444 g/mol. The lowest BCUT2D eigenvalue weighted by molar-refractivity contribution is 0.0512. The van der Waals surface area contributed by atoms with Crippen molar-refractivity contribution in [3.05, 3.63) is 68.3 Å². The first-order valence-corrected chi connectivity index (χ1v) is 8.71. The fourth-order valence-corrected chi connectivity index (χ4v) is 2.58. The van der Waals surface area contributed by atoms with E-state index >= 15 is 0 Å². The Morgan fingerprint density at radius 3 is 2.00 bits per heavy atom. The standard InChI is InChI=1S/C18H19ClINO2/c1-18(2,3)23-17(22)21-16(12-4-8-14(19)9-5-12)13-6-10-15(20)11-7-13/h4-11,16H,1-3H3,(H,21,22). The number of nitrogens with one attached hydrogen (secondary N) is 1. The van der Waals surface area contributed by atoms with Crippen molar-refractivity contribution in [2.75, 3.05) is 0 Å². The molecule has 5 heteroatoms. The molecule has 2 rings (SSSR count). The minimum absolute atomic E-state index is 0.292. The van der Waals surface area contributed by atoms with E-state index in [1.54, 1.807) is 0 Å². The molecule has 2 aromatic rings. The highest BCUT2D eigenvalue weighted by atomic mass is 127. The number of hydrogen-bond acceptors (Lipinski definition) is 2. The molecule has 0 fully saturated rings. The molecule has 1 unspecified atom stereocenters. The van der Waals surface area contributed by atoms with E-state index in [9.17, 15) is 4.79 Å². The molecule has 0 saturated heterocycles. The zero-order valence-electron chi connectivity index (χ0n) is 13.3. The summed E-state index contributed by atoms with van der Waals surface area (Å²) >= 11 is 8.22. The van der Waals surface area contributed by atoms with Gasteiger partial charge in [-0.05, 0) is 78.8 Å². The van der Waals surface area contributed by atoms with Crippen molar-refractivity contribution in [3.63, 3.8) is 0 Å². The number of amides is 1. The summed E-state index contributed by atoms with van der Waals surface area (Å²) in [4.78, 5) is 12.2. The van der Waals surface area contributed by atoms with E-state index in [-0.39, 0.29) is 6.04 Å². The minimum Gasteiger partial charge on any atom is -0.444 e. The van der Waals surface area contributed by atoms with Crippen molar-refractivity contribution in [3.8, 4) is 0 Å². The Bertz CT molecular complexity index is 617. The molecule has 1 N–H and O–H groups in total. The van der Waals surface area contributed by atoms with Gasteiger partial charge in [0, 0.05) is 8.59 Å². The van der Waals surface area contributed by atoms with Crippen LogP contribution < -0.4 is 5.32 Å². The third-order valence-electron chi connectivity index (χ3n) is 3.07. The van der Waals surface area contributed by atoms with Crippen LogP contribution in [0.2, 0.25) is 5.02 Å². The topological polar surface area (TPSA) is 38.3 Å². The maximum Gasteiger partial charge on any atom is 0.408 e. The summed E-state index contributed by atoms with van der Waals surface area (Å²) in [5.74, 6) is 0. The molecule has 0 saturated carbocycles. The van der Waals surface area contributed by atoms with E-state index in [0.29, 0.717) is 5.02 Å². The molecular weight excluding hydrogens is 425 g/mol. The molecule has 1 atom stereocenters. The van der Waals surface area contributed by atoms with Gasteiger partial charge in [-0.2, -0.15) is 0 Å². The largest absolute Gasteiger partial charge is 0.444 e. The second-order valence-corrected chi connectivity index (χ2v) is 7.86. The monoisotopic (exact) mass is 443 g/mol. The zero-order valence-corrected chi connectivity index (χ0v) is 16.2. The van der Waals surface area contributed by atoms with Gasteiger partial charge in [0.25, 0.3) is 0 Å². The smallest absolute Gasteiger partial charge is 0.408 e. The van der Waals surface area contributed by atoms with Crippen LogP contribution in [0.4, 0.5) is 4.79 Å². The second kappa shape index (κ2) is 7.53. The second-order valence-electron chi connectivity index (χ2n) is 6.18. The minimum atomic E-state index is -0.541. The number of ether oxygens (including phenoxy) is 1. The average Bonchev–Trinajstić information content (AvgIpc) is 2.45. The van der Waals surface area contributed by atoms with Gasteiger partial charge < -0.3 is 10.1 Å². The van der Waals surface area contributed by atoms with Crippen molar-refractivity contribution in [2.24, 2.45) is 0 Å². The molecule has 0 aromatic heterocycles. The number of rotatable bonds is 3. The van der Waals surface area contributed by atoms with Crippen molar-refractivity contribution >= 4 is 40.3 Å². The Balaban J connectivity index is 2.29. The molecule has 0 heterocycles. The van der Waals surface area contributed by atoms with Gasteiger partial charge in [-0.3, -0.25) is 0 Å². The summed E-state index contributed by atoms with van der Waals surface area (Å²) < 4.78 is 6.52. The fraction of sp³-hybridized carbons (Fsp3) is 0.278. The van der Waals surface area contributed by atoms with Crippen LogP contribution in [0.1, 0.15) is 37.9 Å². The predicted octanol–water partition coefficient (Wildman–Crippen LogP) is 5.56. The van der Waals surface area contributed by atoms with Crippen LogP contribution >= 0.6 is 34.2 Å². The van der Waals surface area contributed by atoms with E-state index < -0.39 is 11.7 Å². The van der Waals surface area contributed by atoms with E-state index in [4.69, 9.17) is 16.3 Å². The third kappa shape index (κ3) is 5.70. The Morgan fingerprint density at radius 1 is 1.04 bits per heavy atom. The van der Waals surface area contributed by atoms with E-state index in [1.807, 2.05) is 69.3 Å². The lowest BCUT2D eigenvalue weighted by Crippen LogP contribution is -2.35. The quantitative estimate of drug-likeness (QED) is 0.631. The SMILES string of the molecule is CC(C)(C)OC(=O)NC(c1ccc(Cl)cc1)c1ccc(I)cc1. The van der Waals surface area contributed by atoms with Gasteiger partial charge in [0.05, 0.1) is 6.04 Å². The highest BCUT2D eigenvalue weighted by molar-refractivity contribution is 14.1. The summed E-state index contributed by atoms with van der Waals surface area (Å²) in [5.41, 5.74) is 1.39. The number of halogens is 2. The van der Waals surface area contributed by atoms with Crippen LogP contribution in [0, 0.1) is 3.57 Å². The molecule has 3 nitrogen and oxygen atoms in total. The first kappa shape index (κ1) is 18.1. The molecular formula is C18H19ClINO2. The van der Waals surface area contributed by atoms with Crippen LogP contribution in [0.25, 0.3) is 0 Å². The normalized spacial score (nSPS) is 12.6. The van der Waals surface area contributed by atoms with Crippen molar-refractivity contribution in [2.45, 2.75) is 32.4 Å². The molecule has 0 radical (unpaired) electrons. The Kier molecular flexibility index (Phi) is 5.92. The Morgan fingerprint density at radius 2 is 1.52 bits per heavy atom. The first-order valence-electron chi connectivity index (χ1n) is 7.25. The Labute approximate surface area is 155 Å². The molecule has 0 spiro atoms. The molecule has 23 heavy (non-hydrogen) atoms. The van der Waals surface area contributed by atoms with Crippen LogP contribution in [-0.4, -0.2) is 11.7 Å². The molecule has 0 bridgehead atoms. The van der Waals surface area contributed by atoms with Crippen molar-refractivity contribution < 1.29 is 9.53 Å². The molecule has 122 valence electrons. The van der Waals surface area contributed by atoms with Crippen molar-refractivity contribution in [1.82, 2.24) is 5.32 Å². The van der Waals surface area contributed by atoms with E-state index in [1.165, 1.54) is 0 Å². The van der Waals surface area contributed by atoms with Gasteiger partial charge >= 0.3 is 6.09 Å². The van der Waals surface area contributed by atoms with Gasteiger partial charge in [0.15, 0.2) is 0 Å². The van der Waals surface area contributed by atoms with Gasteiger partial charge in [0.2, 0.25) is 0 Å². The molecule has 1 amide bonds. The van der Waals surface area contributed by atoms with Gasteiger partial charge in [0.1, 0.15) is 5.60 Å². The number of carbonyl (C=O) groups is 1. The number of benzene rings is 2. The van der Waals surface area contributed by atoms with Gasteiger partial charge in [-0.25, -0.2) is 4.79 Å². The van der Waals surface area contributed by atoms with Crippen LogP contribution in [0.5, 0.6) is 0 Å². The summed E-state index contributed by atoms with van der Waals surface area (Å²) in [5, 5.41) is 3.60. The maximum absolute atomic E-state index is 12.2. The lowest BCUT2D eigenvalue weighted by atomic mass is 9.99. The molecule has 0 aliphatic carbocycles. The maximum atomic E-state index is 12.2. The first-order chi connectivity index (χ1) is 10.7. The highest BCUT2D eigenvalue weighted by Gasteiger charge is 2.21. The van der Waals surface area contributed by atoms with Crippen molar-refractivity contribution in [1.29, 1.82) is 0 Å². The fourth-order valence-electron chi connectivity index (χ4n) is 2.09. The number of alkyl carbamates (subject to hydrolysis) is 1. The number of carbonyl (C=O) groups excluding carboxylic acids is 1. The van der Waals surface area contributed by atoms with Crippen LogP contribution in [0.3, 0.4) is 0 Å². The molecule has 0 aliphatic rings. The van der Waals surface area contributed by atoms with Crippen LogP contribution in [0.15, 0.2) is 48.5 Å². The van der Waals surface area contributed by atoms with E-state index in [2.05, 4.69) is 27.9 Å². The van der Waals surface area contributed by atoms with E-state index in [0.717, 1.165) is 14.7 Å².